The van der Waals surface area contributed by atoms with Gasteiger partial charge in [0.25, 0.3) is 11.8 Å². The van der Waals surface area contributed by atoms with Crippen molar-refractivity contribution in [3.63, 3.8) is 0 Å². The van der Waals surface area contributed by atoms with Gasteiger partial charge in [-0.25, -0.2) is 0 Å². The number of imide groups is 1. The van der Waals surface area contributed by atoms with Gasteiger partial charge >= 0.3 is 0 Å². The zero-order valence-electron chi connectivity index (χ0n) is 20.3. The predicted molar refractivity (Wildman–Crippen MR) is 139 cm³/mol. The van der Waals surface area contributed by atoms with Gasteiger partial charge in [-0.15, -0.1) is 0 Å². The van der Waals surface area contributed by atoms with E-state index in [1.54, 1.807) is 0 Å². The lowest BCUT2D eigenvalue weighted by Gasteiger charge is -2.32. The van der Waals surface area contributed by atoms with Crippen LogP contribution in [0.3, 0.4) is 0 Å². The summed E-state index contributed by atoms with van der Waals surface area (Å²) in [6, 6.07) is 16.3. The van der Waals surface area contributed by atoms with Crippen LogP contribution in [-0.4, -0.2) is 27.0 Å². The third-order valence-electron chi connectivity index (χ3n) is 7.92. The quantitative estimate of drug-likeness (QED) is 0.441. The van der Waals surface area contributed by atoms with E-state index in [1.165, 1.54) is 0 Å². The van der Waals surface area contributed by atoms with Crippen LogP contribution in [0.2, 0.25) is 0 Å². The second-order valence-corrected chi connectivity index (χ2v) is 10.3. The third-order valence-corrected chi connectivity index (χ3v) is 7.92. The molecule has 0 saturated carbocycles. The van der Waals surface area contributed by atoms with Crippen LogP contribution in [-0.2, 0) is 29.6 Å². The molecule has 4 aromatic rings. The maximum atomic E-state index is 13.4. The number of aryl methyl sites for hydroxylation is 2. The Kier molecular flexibility index (Phi) is 4.97. The van der Waals surface area contributed by atoms with Crippen molar-refractivity contribution in [2.24, 2.45) is 24.6 Å². The van der Waals surface area contributed by atoms with Crippen LogP contribution in [0.1, 0.15) is 37.1 Å². The van der Waals surface area contributed by atoms with E-state index in [4.69, 9.17) is 5.73 Å². The van der Waals surface area contributed by atoms with Crippen molar-refractivity contribution in [2.45, 2.75) is 39.3 Å². The molecule has 6 heteroatoms. The number of para-hydroxylation sites is 2. The molecule has 6 rings (SSSR count). The number of benzene rings is 2. The van der Waals surface area contributed by atoms with Crippen LogP contribution >= 0.6 is 0 Å². The monoisotopic (exact) mass is 466 g/mol. The molecule has 178 valence electrons. The normalized spacial score (nSPS) is 19.2. The van der Waals surface area contributed by atoms with Gasteiger partial charge in [-0.2, -0.15) is 0 Å². The Hall–Kier alpha value is -3.64. The van der Waals surface area contributed by atoms with Crippen molar-refractivity contribution in [1.29, 1.82) is 0 Å². The van der Waals surface area contributed by atoms with E-state index >= 15 is 0 Å². The maximum absolute atomic E-state index is 13.4. The van der Waals surface area contributed by atoms with E-state index in [0.717, 1.165) is 58.0 Å². The topological polar surface area (TPSA) is 82.0 Å². The number of hydrogen-bond acceptors (Lipinski definition) is 3. The van der Waals surface area contributed by atoms with Gasteiger partial charge < -0.3 is 14.9 Å². The van der Waals surface area contributed by atoms with Crippen molar-refractivity contribution in [3.05, 3.63) is 71.5 Å². The van der Waals surface area contributed by atoms with Gasteiger partial charge in [0.15, 0.2) is 0 Å². The summed E-state index contributed by atoms with van der Waals surface area (Å²) < 4.78 is 4.34. The average molecular weight is 467 g/mol. The van der Waals surface area contributed by atoms with E-state index in [0.29, 0.717) is 23.0 Å². The Morgan fingerprint density at radius 2 is 1.60 bits per heavy atom. The molecule has 4 heterocycles. The fraction of sp³-hybridized carbons (Fsp3) is 0.310. The number of rotatable bonds is 4. The molecule has 0 spiro atoms. The summed E-state index contributed by atoms with van der Waals surface area (Å²) in [7, 11) is 1.97. The summed E-state index contributed by atoms with van der Waals surface area (Å²) in [5.74, 6) is 0.0394. The number of carbonyl (C=O) groups is 2. The van der Waals surface area contributed by atoms with Crippen molar-refractivity contribution >= 4 is 44.8 Å². The fourth-order valence-corrected chi connectivity index (χ4v) is 6.11. The molecule has 6 nitrogen and oxygen atoms in total. The molecule has 1 unspecified atom stereocenters. The van der Waals surface area contributed by atoms with Crippen molar-refractivity contribution in [3.8, 4) is 0 Å². The Bertz CT molecular complexity index is 1550. The van der Waals surface area contributed by atoms with E-state index < -0.39 is 0 Å². The average Bonchev–Trinajstić information content (AvgIpc) is 3.46. The molecule has 2 aliphatic rings. The Labute approximate surface area is 204 Å². The first-order valence-electron chi connectivity index (χ1n) is 12.4. The van der Waals surface area contributed by atoms with E-state index in [9.17, 15) is 9.59 Å². The number of nitrogens with one attached hydrogen (secondary N) is 1. The number of nitrogens with two attached hydrogens (primary N) is 1. The van der Waals surface area contributed by atoms with Gasteiger partial charge in [-0.3, -0.25) is 14.9 Å². The minimum Gasteiger partial charge on any atom is -0.350 e. The van der Waals surface area contributed by atoms with Gasteiger partial charge in [-0.05, 0) is 36.8 Å². The molecule has 3 N–H and O–H groups in total. The summed E-state index contributed by atoms with van der Waals surface area (Å²) in [6.45, 7) is 5.19. The van der Waals surface area contributed by atoms with E-state index in [-0.39, 0.29) is 17.9 Å². The number of hydrogen-bond donors (Lipinski definition) is 2. The molecule has 35 heavy (non-hydrogen) atoms. The van der Waals surface area contributed by atoms with Crippen molar-refractivity contribution in [1.82, 2.24) is 14.5 Å². The number of aromatic nitrogens is 2. The van der Waals surface area contributed by atoms with Crippen LogP contribution in [0.4, 0.5) is 0 Å². The molecule has 0 aliphatic carbocycles. The molecule has 0 fully saturated rings. The largest absolute Gasteiger partial charge is 0.350 e. The molecular weight excluding hydrogens is 436 g/mol. The zero-order valence-corrected chi connectivity index (χ0v) is 20.3. The van der Waals surface area contributed by atoms with Gasteiger partial charge in [0.1, 0.15) is 0 Å². The van der Waals surface area contributed by atoms with Crippen LogP contribution in [0, 0.1) is 11.8 Å². The highest BCUT2D eigenvalue weighted by atomic mass is 16.2. The highest BCUT2D eigenvalue weighted by Gasteiger charge is 2.38. The molecule has 0 radical (unpaired) electrons. The lowest BCUT2D eigenvalue weighted by atomic mass is 9.82. The first-order valence-corrected chi connectivity index (χ1v) is 12.4. The van der Waals surface area contributed by atoms with Crippen LogP contribution in [0.25, 0.3) is 33.0 Å². The summed E-state index contributed by atoms with van der Waals surface area (Å²) >= 11 is 0. The molecule has 0 saturated heterocycles. The van der Waals surface area contributed by atoms with Crippen LogP contribution in [0.15, 0.2) is 54.7 Å². The maximum Gasteiger partial charge on any atom is 0.259 e. The second-order valence-electron chi connectivity index (χ2n) is 10.3. The summed E-state index contributed by atoms with van der Waals surface area (Å²) in [5, 5.41) is 4.58. The first kappa shape index (κ1) is 21.9. The van der Waals surface area contributed by atoms with Gasteiger partial charge in [-0.1, -0.05) is 50.2 Å². The molecule has 0 bridgehead atoms. The van der Waals surface area contributed by atoms with Crippen LogP contribution in [0.5, 0.6) is 0 Å². The third kappa shape index (κ3) is 3.20. The lowest BCUT2D eigenvalue weighted by molar-refractivity contribution is -0.122. The summed E-state index contributed by atoms with van der Waals surface area (Å²) in [6.07, 6.45) is 3.75. The Morgan fingerprint density at radius 3 is 2.34 bits per heavy atom. The standard InChI is InChI=1S/C29H30N4O2/c1-16(2)27(30)17-12-13-33-22-11-7-5-9-19(22)24(23(33)14-17)26-25(28(34)31-29(26)35)20-15-32(3)21-10-6-4-8-18(20)21/h4-11,15-17,27H,12-14,30H2,1-3H3,(H,31,34,35)/t17?,27-/m0/s1. The predicted octanol–water partition coefficient (Wildman–Crippen LogP) is 4.25. The second kappa shape index (κ2) is 7.95. The van der Waals surface area contributed by atoms with Gasteiger partial charge in [0, 0.05) is 64.5 Å². The molecule has 2 atom stereocenters. The summed E-state index contributed by atoms with van der Waals surface area (Å²) in [5.41, 5.74) is 12.5. The molecule has 2 aliphatic heterocycles. The number of nitrogens with zero attached hydrogens (tertiary/aromatic N) is 2. The minimum atomic E-state index is -0.336. The molecule has 2 aromatic carbocycles. The highest BCUT2D eigenvalue weighted by Crippen LogP contribution is 2.43. The summed E-state index contributed by atoms with van der Waals surface area (Å²) in [4.78, 5) is 26.7. The fourth-order valence-electron chi connectivity index (χ4n) is 6.11. The van der Waals surface area contributed by atoms with Gasteiger partial charge in [0.05, 0.1) is 11.1 Å². The molecular formula is C29H30N4O2. The van der Waals surface area contributed by atoms with Crippen molar-refractivity contribution < 1.29 is 9.59 Å². The lowest BCUT2D eigenvalue weighted by Crippen LogP contribution is -2.39. The first-order chi connectivity index (χ1) is 16.9. The Balaban J connectivity index is 1.65. The van der Waals surface area contributed by atoms with E-state index in [2.05, 4.69) is 35.9 Å². The smallest absolute Gasteiger partial charge is 0.259 e. The van der Waals surface area contributed by atoms with Crippen molar-refractivity contribution in [2.75, 3.05) is 0 Å². The number of carbonyl (C=O) groups excluding carboxylic acids is 2. The number of amides is 2. The van der Waals surface area contributed by atoms with Gasteiger partial charge in [0.2, 0.25) is 0 Å². The highest BCUT2D eigenvalue weighted by molar-refractivity contribution is 6.51. The SMILES string of the molecule is CC(C)[C@H](N)C1CCn2c(c(C3=C(c4cn(C)c5ccccc45)C(=O)NC3=O)c3ccccc32)C1. The molecule has 2 aromatic heterocycles. The molecule has 2 amide bonds. The zero-order chi connectivity index (χ0) is 24.4. The van der Waals surface area contributed by atoms with Crippen LogP contribution < -0.4 is 11.1 Å². The van der Waals surface area contributed by atoms with E-state index in [1.807, 2.05) is 54.2 Å². The minimum absolute atomic E-state index is 0.0835. The number of fused-ring (bicyclic) bond motifs is 4. The Morgan fingerprint density at radius 1 is 0.943 bits per heavy atom.